The zero-order valence-electron chi connectivity index (χ0n) is 13.1. The van der Waals surface area contributed by atoms with Crippen molar-refractivity contribution >= 4 is 17.5 Å². The van der Waals surface area contributed by atoms with Crippen LogP contribution in [0.5, 0.6) is 0 Å². The van der Waals surface area contributed by atoms with Crippen molar-refractivity contribution < 1.29 is 9.53 Å². The lowest BCUT2D eigenvalue weighted by Crippen LogP contribution is -2.36. The highest BCUT2D eigenvalue weighted by Crippen LogP contribution is 2.29. The van der Waals surface area contributed by atoms with Crippen LogP contribution in [0.3, 0.4) is 0 Å². The molecule has 0 aliphatic heterocycles. The zero-order valence-corrected chi connectivity index (χ0v) is 13.1. The summed E-state index contributed by atoms with van der Waals surface area (Å²) in [4.78, 5) is 18.5. The topological polar surface area (TPSA) is 68.5 Å². The van der Waals surface area contributed by atoms with Crippen LogP contribution in [0.25, 0.3) is 0 Å². The van der Waals surface area contributed by atoms with E-state index in [2.05, 4.69) is 16.8 Å². The molecule has 0 bridgehead atoms. The smallest absolute Gasteiger partial charge is 0.340 e. The number of hydrogen-bond acceptors (Lipinski definition) is 5. The van der Waals surface area contributed by atoms with Crippen molar-refractivity contribution in [2.45, 2.75) is 45.6 Å². The highest BCUT2D eigenvalue weighted by molar-refractivity contribution is 5.95. The normalized spacial score (nSPS) is 21.9. The van der Waals surface area contributed by atoms with Gasteiger partial charge >= 0.3 is 5.97 Å². The van der Waals surface area contributed by atoms with Gasteiger partial charge in [-0.3, -0.25) is 0 Å². The van der Waals surface area contributed by atoms with Gasteiger partial charge in [-0.25, -0.2) is 9.78 Å². The fraction of sp³-hybridized carbons (Fsp3) is 0.625. The van der Waals surface area contributed by atoms with Gasteiger partial charge < -0.3 is 15.4 Å². The number of carbonyl (C=O) groups excluding carboxylic acids is 1. The fourth-order valence-electron chi connectivity index (χ4n) is 2.97. The number of carbonyl (C=O) groups is 1. The van der Waals surface area contributed by atoms with Crippen LogP contribution in [0.1, 0.15) is 49.9 Å². The molecule has 1 aromatic rings. The van der Waals surface area contributed by atoms with E-state index in [0.29, 0.717) is 23.9 Å². The van der Waals surface area contributed by atoms with E-state index in [1.165, 1.54) is 19.3 Å². The molecule has 21 heavy (non-hydrogen) atoms. The van der Waals surface area contributed by atoms with Crippen LogP contribution in [-0.2, 0) is 4.74 Å². The molecule has 1 heterocycles. The minimum absolute atomic E-state index is 0.339. The second-order valence-electron chi connectivity index (χ2n) is 5.89. The van der Waals surface area contributed by atoms with Crippen molar-refractivity contribution in [3.8, 4) is 0 Å². The standard InChI is InChI=1S/C16H25N3O2/c1-4-21-16(20)13-9-15(18-10-14(13)17)19(3)12-7-5-6-11(2)8-12/h9-12H,4-8,17H2,1-3H3. The SMILES string of the molecule is CCOC(=O)c1cc(N(C)C2CCCC(C)C2)ncc1N. The third-order valence-electron chi connectivity index (χ3n) is 4.23. The van der Waals surface area contributed by atoms with E-state index in [1.807, 2.05) is 7.05 Å². The van der Waals surface area contributed by atoms with Gasteiger partial charge in [0.05, 0.1) is 24.1 Å². The summed E-state index contributed by atoms with van der Waals surface area (Å²) in [7, 11) is 2.04. The molecule has 2 unspecified atom stereocenters. The quantitative estimate of drug-likeness (QED) is 0.864. The number of esters is 1. The Kier molecular flexibility index (Phi) is 5.04. The van der Waals surface area contributed by atoms with Crippen LogP contribution in [0.2, 0.25) is 0 Å². The molecule has 2 rings (SSSR count). The third-order valence-corrected chi connectivity index (χ3v) is 4.23. The number of ether oxygens (including phenoxy) is 1. The van der Waals surface area contributed by atoms with Gasteiger partial charge in [0.15, 0.2) is 0 Å². The molecule has 5 nitrogen and oxygen atoms in total. The summed E-state index contributed by atoms with van der Waals surface area (Å²) < 4.78 is 5.04. The molecule has 2 atom stereocenters. The molecule has 2 N–H and O–H groups in total. The zero-order chi connectivity index (χ0) is 15.4. The predicted molar refractivity (Wildman–Crippen MR) is 84.4 cm³/mol. The van der Waals surface area contributed by atoms with E-state index >= 15 is 0 Å². The van der Waals surface area contributed by atoms with Gasteiger partial charge in [-0.1, -0.05) is 19.8 Å². The molecule has 1 fully saturated rings. The molecule has 1 aliphatic rings. The first-order chi connectivity index (χ1) is 10.0. The Morgan fingerprint density at radius 2 is 2.29 bits per heavy atom. The Labute approximate surface area is 126 Å². The number of nitrogens with zero attached hydrogens (tertiary/aromatic N) is 2. The van der Waals surface area contributed by atoms with Gasteiger partial charge in [0.2, 0.25) is 0 Å². The number of rotatable bonds is 4. The Hall–Kier alpha value is -1.78. The van der Waals surface area contributed by atoms with Crippen molar-refractivity contribution in [2.24, 2.45) is 5.92 Å². The minimum Gasteiger partial charge on any atom is -0.462 e. The molecule has 1 aromatic heterocycles. The van der Waals surface area contributed by atoms with E-state index in [0.717, 1.165) is 18.2 Å². The largest absolute Gasteiger partial charge is 0.462 e. The molecule has 0 spiro atoms. The van der Waals surface area contributed by atoms with Gasteiger partial charge in [-0.15, -0.1) is 0 Å². The van der Waals surface area contributed by atoms with Crippen LogP contribution >= 0.6 is 0 Å². The average Bonchev–Trinajstić information content (AvgIpc) is 2.47. The second kappa shape index (κ2) is 6.78. The van der Waals surface area contributed by atoms with E-state index in [9.17, 15) is 4.79 Å². The lowest BCUT2D eigenvalue weighted by Gasteiger charge is -2.35. The van der Waals surface area contributed by atoms with Crippen LogP contribution in [0.15, 0.2) is 12.3 Å². The Morgan fingerprint density at radius 1 is 1.52 bits per heavy atom. The van der Waals surface area contributed by atoms with Gasteiger partial charge in [-0.2, -0.15) is 0 Å². The number of nitrogens with two attached hydrogens (primary N) is 1. The first kappa shape index (κ1) is 15.6. The van der Waals surface area contributed by atoms with Crippen LogP contribution in [-0.4, -0.2) is 30.6 Å². The van der Waals surface area contributed by atoms with Gasteiger partial charge in [0, 0.05) is 13.1 Å². The fourth-order valence-corrected chi connectivity index (χ4v) is 2.97. The Morgan fingerprint density at radius 3 is 2.95 bits per heavy atom. The number of pyridine rings is 1. The summed E-state index contributed by atoms with van der Waals surface area (Å²) in [6.45, 7) is 4.41. The van der Waals surface area contributed by atoms with E-state index < -0.39 is 0 Å². The molecular formula is C16H25N3O2. The highest BCUT2D eigenvalue weighted by atomic mass is 16.5. The molecule has 0 radical (unpaired) electrons. The molecule has 0 saturated heterocycles. The summed E-state index contributed by atoms with van der Waals surface area (Å²) in [5.41, 5.74) is 6.60. The van der Waals surface area contributed by atoms with Crippen LogP contribution < -0.4 is 10.6 Å². The second-order valence-corrected chi connectivity index (χ2v) is 5.89. The molecule has 116 valence electrons. The number of nitrogen functional groups attached to an aromatic ring is 1. The maximum Gasteiger partial charge on any atom is 0.340 e. The summed E-state index contributed by atoms with van der Waals surface area (Å²) >= 11 is 0. The van der Waals surface area contributed by atoms with Crippen molar-refractivity contribution in [3.05, 3.63) is 17.8 Å². The summed E-state index contributed by atoms with van der Waals surface area (Å²) in [5, 5.41) is 0. The lowest BCUT2D eigenvalue weighted by molar-refractivity contribution is 0.0527. The molecule has 0 amide bonds. The molecule has 1 aliphatic carbocycles. The van der Waals surface area contributed by atoms with E-state index in [-0.39, 0.29) is 5.97 Å². The molecule has 5 heteroatoms. The van der Waals surface area contributed by atoms with Crippen molar-refractivity contribution in [1.29, 1.82) is 0 Å². The Balaban J connectivity index is 2.19. The predicted octanol–water partition coefficient (Wildman–Crippen LogP) is 2.86. The monoisotopic (exact) mass is 291 g/mol. The minimum atomic E-state index is -0.385. The van der Waals surface area contributed by atoms with E-state index in [4.69, 9.17) is 10.5 Å². The maximum atomic E-state index is 11.9. The average molecular weight is 291 g/mol. The van der Waals surface area contributed by atoms with E-state index in [1.54, 1.807) is 19.2 Å². The van der Waals surface area contributed by atoms with Gasteiger partial charge in [0.1, 0.15) is 5.82 Å². The number of aromatic nitrogens is 1. The molecule has 0 aromatic carbocycles. The molecule has 1 saturated carbocycles. The van der Waals surface area contributed by atoms with Gasteiger partial charge in [0.25, 0.3) is 0 Å². The Bertz CT molecular complexity index is 504. The summed E-state index contributed by atoms with van der Waals surface area (Å²) in [6, 6.07) is 2.21. The summed E-state index contributed by atoms with van der Waals surface area (Å²) in [6.07, 6.45) is 6.42. The van der Waals surface area contributed by atoms with Crippen molar-refractivity contribution in [1.82, 2.24) is 4.98 Å². The lowest BCUT2D eigenvalue weighted by atomic mass is 9.86. The van der Waals surface area contributed by atoms with Crippen LogP contribution in [0, 0.1) is 5.92 Å². The van der Waals surface area contributed by atoms with Crippen molar-refractivity contribution in [2.75, 3.05) is 24.3 Å². The third kappa shape index (κ3) is 3.65. The maximum absolute atomic E-state index is 11.9. The first-order valence-electron chi connectivity index (χ1n) is 7.68. The molecular weight excluding hydrogens is 266 g/mol. The van der Waals surface area contributed by atoms with Gasteiger partial charge in [-0.05, 0) is 31.7 Å². The summed E-state index contributed by atoms with van der Waals surface area (Å²) in [5.74, 6) is 1.14. The van der Waals surface area contributed by atoms with Crippen molar-refractivity contribution in [3.63, 3.8) is 0 Å². The number of hydrogen-bond donors (Lipinski definition) is 1. The highest BCUT2D eigenvalue weighted by Gasteiger charge is 2.24. The number of anilines is 2. The first-order valence-corrected chi connectivity index (χ1v) is 7.68. The van der Waals surface area contributed by atoms with Crippen LogP contribution in [0.4, 0.5) is 11.5 Å².